The molecule has 3 atom stereocenters. The van der Waals surface area contributed by atoms with Crippen molar-refractivity contribution >= 4 is 27.3 Å². The highest BCUT2D eigenvalue weighted by Crippen LogP contribution is 2.33. The predicted molar refractivity (Wildman–Crippen MR) is 75.4 cm³/mol. The Labute approximate surface area is 115 Å². The van der Waals surface area contributed by atoms with Crippen LogP contribution in [0.3, 0.4) is 0 Å². The van der Waals surface area contributed by atoms with E-state index < -0.39 is 0 Å². The van der Waals surface area contributed by atoms with Gasteiger partial charge in [0.1, 0.15) is 0 Å². The number of ether oxygens (including phenoxy) is 1. The summed E-state index contributed by atoms with van der Waals surface area (Å²) in [5.74, 6) is 0. The number of halogens is 1. The minimum absolute atomic E-state index is 0.126. The molecule has 0 saturated carbocycles. The summed E-state index contributed by atoms with van der Waals surface area (Å²) < 4.78 is 6.64. The molecule has 1 aliphatic heterocycles. The van der Waals surface area contributed by atoms with Crippen molar-refractivity contribution in [1.82, 2.24) is 4.90 Å². The lowest BCUT2D eigenvalue weighted by atomic mass is 10.0. The zero-order valence-electron chi connectivity index (χ0n) is 10.2. The van der Waals surface area contributed by atoms with Gasteiger partial charge in [0.15, 0.2) is 0 Å². The van der Waals surface area contributed by atoms with Gasteiger partial charge in [0, 0.05) is 33.4 Å². The Morgan fingerprint density at radius 1 is 1.65 bits per heavy atom. The van der Waals surface area contributed by atoms with E-state index in [1.54, 1.807) is 11.3 Å². The lowest BCUT2D eigenvalue weighted by molar-refractivity contribution is -0.0261. The Morgan fingerprint density at radius 3 is 2.94 bits per heavy atom. The van der Waals surface area contributed by atoms with Gasteiger partial charge in [-0.2, -0.15) is 0 Å². The fourth-order valence-corrected chi connectivity index (χ4v) is 4.04. The van der Waals surface area contributed by atoms with Crippen LogP contribution >= 0.6 is 27.3 Å². The maximum absolute atomic E-state index is 6.18. The molecule has 0 radical (unpaired) electrons. The van der Waals surface area contributed by atoms with Gasteiger partial charge < -0.3 is 10.5 Å². The molecule has 0 aromatic carbocycles. The Kier molecular flexibility index (Phi) is 4.60. The Hall–Kier alpha value is 0.0600. The molecule has 0 amide bonds. The first-order valence-corrected chi connectivity index (χ1v) is 7.60. The standard InChI is InChI=1S/C12H19BrN2OS/c1-8-6-16-4-3-15(8)12(9(2)14)11-5-10(13)7-17-11/h5,7-9,12H,3-4,6,14H2,1-2H3. The van der Waals surface area contributed by atoms with Crippen LogP contribution in [-0.4, -0.2) is 36.7 Å². The molecule has 0 spiro atoms. The van der Waals surface area contributed by atoms with Crippen LogP contribution in [0.1, 0.15) is 24.8 Å². The smallest absolute Gasteiger partial charge is 0.0620 e. The predicted octanol–water partition coefficient (Wildman–Crippen LogP) is 2.62. The van der Waals surface area contributed by atoms with E-state index in [1.807, 2.05) is 0 Å². The van der Waals surface area contributed by atoms with E-state index >= 15 is 0 Å². The molecular formula is C12H19BrN2OS. The monoisotopic (exact) mass is 318 g/mol. The molecule has 1 fully saturated rings. The average Bonchev–Trinajstić information content (AvgIpc) is 2.68. The number of hydrogen-bond acceptors (Lipinski definition) is 4. The van der Waals surface area contributed by atoms with Gasteiger partial charge in [-0.05, 0) is 35.8 Å². The third kappa shape index (κ3) is 3.09. The third-order valence-electron chi connectivity index (χ3n) is 3.15. The lowest BCUT2D eigenvalue weighted by Crippen LogP contribution is -2.49. The van der Waals surface area contributed by atoms with Crippen molar-refractivity contribution in [3.05, 3.63) is 20.8 Å². The van der Waals surface area contributed by atoms with Crippen LogP contribution in [-0.2, 0) is 4.74 Å². The van der Waals surface area contributed by atoms with E-state index in [0.717, 1.165) is 24.2 Å². The molecule has 5 heteroatoms. The van der Waals surface area contributed by atoms with Gasteiger partial charge in [-0.25, -0.2) is 0 Å². The molecule has 3 nitrogen and oxygen atoms in total. The molecule has 1 saturated heterocycles. The van der Waals surface area contributed by atoms with E-state index in [-0.39, 0.29) is 6.04 Å². The van der Waals surface area contributed by atoms with Crippen LogP contribution in [0.15, 0.2) is 15.9 Å². The Bertz CT molecular complexity index is 369. The second-order valence-electron chi connectivity index (χ2n) is 4.63. The fourth-order valence-electron chi connectivity index (χ4n) is 2.36. The van der Waals surface area contributed by atoms with Gasteiger partial charge in [0.05, 0.1) is 19.3 Å². The summed E-state index contributed by atoms with van der Waals surface area (Å²) >= 11 is 5.29. The highest BCUT2D eigenvalue weighted by Gasteiger charge is 2.30. The molecule has 0 bridgehead atoms. The molecule has 2 heterocycles. The molecule has 96 valence electrons. The first-order valence-electron chi connectivity index (χ1n) is 5.92. The van der Waals surface area contributed by atoms with Crippen LogP contribution in [0.2, 0.25) is 0 Å². The molecule has 17 heavy (non-hydrogen) atoms. The SMILES string of the molecule is CC(N)C(c1cc(Br)cs1)N1CCOCC1C. The molecule has 2 N–H and O–H groups in total. The quantitative estimate of drug-likeness (QED) is 0.931. The van der Waals surface area contributed by atoms with E-state index in [4.69, 9.17) is 10.5 Å². The van der Waals surface area contributed by atoms with Gasteiger partial charge >= 0.3 is 0 Å². The first-order chi connectivity index (χ1) is 8.09. The lowest BCUT2D eigenvalue weighted by Gasteiger charge is -2.40. The van der Waals surface area contributed by atoms with Gasteiger partial charge in [0.2, 0.25) is 0 Å². The Morgan fingerprint density at radius 2 is 2.41 bits per heavy atom. The van der Waals surface area contributed by atoms with Gasteiger partial charge in [-0.1, -0.05) is 0 Å². The zero-order chi connectivity index (χ0) is 12.4. The minimum atomic E-state index is 0.126. The number of nitrogens with zero attached hydrogens (tertiary/aromatic N) is 1. The number of rotatable bonds is 3. The van der Waals surface area contributed by atoms with Gasteiger partial charge in [0.25, 0.3) is 0 Å². The second-order valence-corrected chi connectivity index (χ2v) is 6.49. The number of hydrogen-bond donors (Lipinski definition) is 1. The minimum Gasteiger partial charge on any atom is -0.379 e. The maximum Gasteiger partial charge on any atom is 0.0620 e. The summed E-state index contributed by atoms with van der Waals surface area (Å²) in [6.45, 7) is 6.86. The average molecular weight is 319 g/mol. The maximum atomic E-state index is 6.18. The molecule has 3 unspecified atom stereocenters. The summed E-state index contributed by atoms with van der Waals surface area (Å²) in [7, 11) is 0. The third-order valence-corrected chi connectivity index (χ3v) is 4.92. The number of morpholine rings is 1. The fraction of sp³-hybridized carbons (Fsp3) is 0.667. The molecule has 1 aromatic rings. The number of thiophene rings is 1. The Balaban J connectivity index is 2.22. The summed E-state index contributed by atoms with van der Waals surface area (Å²) in [5.41, 5.74) is 6.18. The first kappa shape index (κ1) is 13.5. The highest BCUT2D eigenvalue weighted by atomic mass is 79.9. The van der Waals surface area contributed by atoms with Crippen molar-refractivity contribution in [1.29, 1.82) is 0 Å². The van der Waals surface area contributed by atoms with Crippen molar-refractivity contribution in [2.45, 2.75) is 32.0 Å². The van der Waals surface area contributed by atoms with Crippen molar-refractivity contribution in [3.63, 3.8) is 0 Å². The van der Waals surface area contributed by atoms with Crippen LogP contribution in [0.5, 0.6) is 0 Å². The molecular weight excluding hydrogens is 300 g/mol. The van der Waals surface area contributed by atoms with E-state index in [0.29, 0.717) is 12.1 Å². The molecule has 1 aliphatic rings. The van der Waals surface area contributed by atoms with E-state index in [1.165, 1.54) is 4.88 Å². The molecule has 0 aliphatic carbocycles. The summed E-state index contributed by atoms with van der Waals surface area (Å²) in [6, 6.07) is 3.04. The molecule has 1 aromatic heterocycles. The highest BCUT2D eigenvalue weighted by molar-refractivity contribution is 9.10. The van der Waals surface area contributed by atoms with E-state index in [9.17, 15) is 0 Å². The largest absolute Gasteiger partial charge is 0.379 e. The van der Waals surface area contributed by atoms with E-state index in [2.05, 4.69) is 46.1 Å². The van der Waals surface area contributed by atoms with Crippen molar-refractivity contribution in [2.24, 2.45) is 5.73 Å². The second kappa shape index (κ2) is 5.80. The normalized spacial score (nSPS) is 25.8. The topological polar surface area (TPSA) is 38.5 Å². The van der Waals surface area contributed by atoms with Crippen LogP contribution < -0.4 is 5.73 Å². The van der Waals surface area contributed by atoms with Crippen LogP contribution in [0.4, 0.5) is 0 Å². The molecule has 2 rings (SSSR count). The van der Waals surface area contributed by atoms with Crippen LogP contribution in [0, 0.1) is 0 Å². The number of nitrogens with two attached hydrogens (primary N) is 1. The summed E-state index contributed by atoms with van der Waals surface area (Å²) in [5, 5.41) is 2.12. The van der Waals surface area contributed by atoms with Gasteiger partial charge in [-0.3, -0.25) is 4.90 Å². The van der Waals surface area contributed by atoms with Gasteiger partial charge in [-0.15, -0.1) is 11.3 Å². The zero-order valence-corrected chi connectivity index (χ0v) is 12.6. The van der Waals surface area contributed by atoms with Crippen molar-refractivity contribution in [2.75, 3.05) is 19.8 Å². The van der Waals surface area contributed by atoms with Crippen molar-refractivity contribution in [3.8, 4) is 0 Å². The van der Waals surface area contributed by atoms with Crippen LogP contribution in [0.25, 0.3) is 0 Å². The van der Waals surface area contributed by atoms with Crippen molar-refractivity contribution < 1.29 is 4.74 Å². The summed E-state index contributed by atoms with van der Waals surface area (Å²) in [4.78, 5) is 3.80. The summed E-state index contributed by atoms with van der Waals surface area (Å²) in [6.07, 6.45) is 0.